The molecule has 2 rings (SSSR count). The molecule has 0 aliphatic rings. The van der Waals surface area contributed by atoms with E-state index in [1.54, 1.807) is 6.08 Å². The van der Waals surface area contributed by atoms with E-state index in [0.717, 1.165) is 22.4 Å². The van der Waals surface area contributed by atoms with E-state index in [-0.39, 0.29) is 0 Å². The number of rotatable bonds is 2. The lowest BCUT2D eigenvalue weighted by Crippen LogP contribution is -1.90. The maximum atomic E-state index is 10.1. The molecule has 4 nitrogen and oxygen atoms in total. The molecule has 0 N–H and O–H groups in total. The minimum absolute atomic E-state index is 0.345. The number of hydrogen-bond donors (Lipinski definition) is 0. The molecular weight excluding hydrogens is 190 g/mol. The van der Waals surface area contributed by atoms with Crippen molar-refractivity contribution in [1.29, 1.82) is 0 Å². The summed E-state index contributed by atoms with van der Waals surface area (Å²) in [4.78, 5) is 18.1. The summed E-state index contributed by atoms with van der Waals surface area (Å²) in [5.74, 6) is 0.951. The lowest BCUT2D eigenvalue weighted by Gasteiger charge is -1.98. The van der Waals surface area contributed by atoms with Crippen LogP contribution in [0.25, 0.3) is 11.0 Å². The summed E-state index contributed by atoms with van der Waals surface area (Å²) < 4.78 is 2.02. The van der Waals surface area contributed by atoms with Gasteiger partial charge in [0.1, 0.15) is 5.82 Å². The standard InChI is InChI=1S/C11H11N3O/c1-8-13-11-9(6-12-7-15)4-3-5-10(11)14(8)2/h3-5H,6H2,1-2H3. The normalized spacial score (nSPS) is 10.3. The van der Waals surface area contributed by atoms with Crippen molar-refractivity contribution in [2.45, 2.75) is 13.5 Å². The van der Waals surface area contributed by atoms with Crippen LogP contribution in [-0.2, 0) is 18.4 Å². The first kappa shape index (κ1) is 9.62. The van der Waals surface area contributed by atoms with Crippen LogP contribution in [0.1, 0.15) is 11.4 Å². The van der Waals surface area contributed by atoms with Crippen LogP contribution in [-0.4, -0.2) is 15.6 Å². The number of aromatic nitrogens is 2. The first-order valence-electron chi connectivity index (χ1n) is 4.68. The van der Waals surface area contributed by atoms with Gasteiger partial charge in [-0.2, -0.15) is 0 Å². The molecule has 0 saturated carbocycles. The third-order valence-corrected chi connectivity index (χ3v) is 2.53. The van der Waals surface area contributed by atoms with E-state index in [4.69, 9.17) is 0 Å². The summed E-state index contributed by atoms with van der Waals surface area (Å²) in [6.07, 6.45) is 1.54. The first-order valence-corrected chi connectivity index (χ1v) is 4.68. The smallest absolute Gasteiger partial charge is 0.235 e. The highest BCUT2D eigenvalue weighted by atomic mass is 16.1. The molecule has 2 aromatic rings. The second-order valence-corrected chi connectivity index (χ2v) is 3.41. The molecule has 15 heavy (non-hydrogen) atoms. The Hall–Kier alpha value is -1.93. The number of aliphatic imine (C=N–C) groups is 1. The monoisotopic (exact) mass is 201 g/mol. The van der Waals surface area contributed by atoms with E-state index < -0.39 is 0 Å². The maximum absolute atomic E-state index is 10.1. The summed E-state index contributed by atoms with van der Waals surface area (Å²) in [5, 5.41) is 0. The van der Waals surface area contributed by atoms with Gasteiger partial charge in [-0.05, 0) is 13.0 Å². The maximum Gasteiger partial charge on any atom is 0.235 e. The highest BCUT2D eigenvalue weighted by Crippen LogP contribution is 2.19. The summed E-state index contributed by atoms with van der Waals surface area (Å²) >= 11 is 0. The molecule has 1 aromatic heterocycles. The second-order valence-electron chi connectivity index (χ2n) is 3.41. The Kier molecular flexibility index (Phi) is 2.35. The molecule has 0 saturated heterocycles. The van der Waals surface area contributed by atoms with Gasteiger partial charge in [0.25, 0.3) is 0 Å². The molecule has 76 valence electrons. The Morgan fingerprint density at radius 3 is 3.07 bits per heavy atom. The van der Waals surface area contributed by atoms with Gasteiger partial charge in [0.2, 0.25) is 6.08 Å². The Bertz CT molecular complexity index is 550. The Balaban J connectivity index is 2.65. The summed E-state index contributed by atoms with van der Waals surface area (Å²) in [6, 6.07) is 5.87. The highest BCUT2D eigenvalue weighted by molar-refractivity contribution is 5.79. The van der Waals surface area contributed by atoms with Gasteiger partial charge in [-0.25, -0.2) is 14.8 Å². The number of benzene rings is 1. The van der Waals surface area contributed by atoms with Crippen molar-refractivity contribution < 1.29 is 4.79 Å². The van der Waals surface area contributed by atoms with Gasteiger partial charge >= 0.3 is 0 Å². The largest absolute Gasteiger partial charge is 0.331 e. The van der Waals surface area contributed by atoms with Crippen LogP contribution in [0.5, 0.6) is 0 Å². The van der Waals surface area contributed by atoms with Crippen molar-refractivity contribution in [3.63, 3.8) is 0 Å². The predicted octanol–water partition coefficient (Wildman–Crippen LogP) is 1.72. The molecule has 1 aromatic carbocycles. The van der Waals surface area contributed by atoms with Crippen LogP contribution in [0.15, 0.2) is 23.2 Å². The van der Waals surface area contributed by atoms with E-state index in [0.29, 0.717) is 6.54 Å². The Labute approximate surface area is 87.3 Å². The van der Waals surface area contributed by atoms with Crippen LogP contribution in [0.3, 0.4) is 0 Å². The van der Waals surface area contributed by atoms with Gasteiger partial charge in [0.05, 0.1) is 17.6 Å². The fourth-order valence-corrected chi connectivity index (χ4v) is 1.63. The first-order chi connectivity index (χ1) is 7.24. The molecule has 0 unspecified atom stereocenters. The van der Waals surface area contributed by atoms with Crippen molar-refractivity contribution >= 4 is 17.1 Å². The Morgan fingerprint density at radius 1 is 1.53 bits per heavy atom. The van der Waals surface area contributed by atoms with Crippen molar-refractivity contribution in [2.24, 2.45) is 12.0 Å². The molecule has 0 atom stereocenters. The van der Waals surface area contributed by atoms with Crippen LogP contribution < -0.4 is 0 Å². The minimum Gasteiger partial charge on any atom is -0.331 e. The fourth-order valence-electron chi connectivity index (χ4n) is 1.63. The molecule has 0 radical (unpaired) electrons. The van der Waals surface area contributed by atoms with Gasteiger partial charge in [0, 0.05) is 12.6 Å². The predicted molar refractivity (Wildman–Crippen MR) is 57.3 cm³/mol. The molecule has 0 bridgehead atoms. The van der Waals surface area contributed by atoms with Crippen LogP contribution >= 0.6 is 0 Å². The quantitative estimate of drug-likeness (QED) is 0.548. The molecular formula is C11H11N3O. The van der Waals surface area contributed by atoms with Crippen LogP contribution in [0.4, 0.5) is 0 Å². The van der Waals surface area contributed by atoms with E-state index in [1.165, 1.54) is 0 Å². The lowest BCUT2D eigenvalue weighted by molar-refractivity contribution is 0.563. The lowest BCUT2D eigenvalue weighted by atomic mass is 10.2. The molecule has 0 amide bonds. The van der Waals surface area contributed by atoms with Crippen molar-refractivity contribution in [3.8, 4) is 0 Å². The molecule has 0 fully saturated rings. The van der Waals surface area contributed by atoms with Gasteiger partial charge < -0.3 is 4.57 Å². The summed E-state index contributed by atoms with van der Waals surface area (Å²) in [5.41, 5.74) is 2.93. The topological polar surface area (TPSA) is 47.2 Å². The van der Waals surface area contributed by atoms with Crippen molar-refractivity contribution in [1.82, 2.24) is 9.55 Å². The van der Waals surface area contributed by atoms with Crippen LogP contribution in [0.2, 0.25) is 0 Å². The molecule has 4 heteroatoms. The van der Waals surface area contributed by atoms with E-state index in [1.807, 2.05) is 36.7 Å². The molecule has 0 aliphatic carbocycles. The average molecular weight is 201 g/mol. The third-order valence-electron chi connectivity index (χ3n) is 2.53. The van der Waals surface area contributed by atoms with Gasteiger partial charge in [-0.3, -0.25) is 0 Å². The second kappa shape index (κ2) is 3.67. The van der Waals surface area contributed by atoms with E-state index in [9.17, 15) is 4.79 Å². The number of imidazole rings is 1. The number of fused-ring (bicyclic) bond motifs is 1. The van der Waals surface area contributed by atoms with Gasteiger partial charge in [-0.15, -0.1) is 0 Å². The third kappa shape index (κ3) is 1.55. The van der Waals surface area contributed by atoms with Crippen LogP contribution in [0, 0.1) is 6.92 Å². The zero-order valence-electron chi connectivity index (χ0n) is 8.69. The van der Waals surface area contributed by atoms with Gasteiger partial charge in [-0.1, -0.05) is 12.1 Å². The summed E-state index contributed by atoms with van der Waals surface area (Å²) in [7, 11) is 1.97. The van der Waals surface area contributed by atoms with Crippen molar-refractivity contribution in [2.75, 3.05) is 0 Å². The SMILES string of the molecule is Cc1nc2c(CN=C=O)cccc2n1C. The minimum atomic E-state index is 0.345. The number of hydrogen-bond acceptors (Lipinski definition) is 3. The Morgan fingerprint density at radius 2 is 2.33 bits per heavy atom. The zero-order valence-corrected chi connectivity index (χ0v) is 8.69. The average Bonchev–Trinajstić information content (AvgIpc) is 2.53. The van der Waals surface area contributed by atoms with Gasteiger partial charge in [0.15, 0.2) is 0 Å². The van der Waals surface area contributed by atoms with Crippen molar-refractivity contribution in [3.05, 3.63) is 29.6 Å². The number of isocyanates is 1. The van der Waals surface area contributed by atoms with E-state index >= 15 is 0 Å². The fraction of sp³-hybridized carbons (Fsp3) is 0.273. The molecule has 1 heterocycles. The zero-order chi connectivity index (χ0) is 10.8. The highest BCUT2D eigenvalue weighted by Gasteiger charge is 2.07. The summed E-state index contributed by atoms with van der Waals surface area (Å²) in [6.45, 7) is 2.30. The number of carbonyl (C=O) groups excluding carboxylic acids is 1. The number of aryl methyl sites for hydroxylation is 2. The number of nitrogens with zero attached hydrogens (tertiary/aromatic N) is 3. The molecule has 0 spiro atoms. The molecule has 0 aliphatic heterocycles. The van der Waals surface area contributed by atoms with E-state index in [2.05, 4.69) is 9.98 Å². The number of para-hydroxylation sites is 1.